The highest BCUT2D eigenvalue weighted by atomic mass is 31.2. The molecule has 9 nitrogen and oxygen atoms in total. The van der Waals surface area contributed by atoms with E-state index in [2.05, 4.69) is 9.26 Å². The van der Waals surface area contributed by atoms with Crippen LogP contribution < -0.4 is 0 Å². The van der Waals surface area contributed by atoms with Crippen molar-refractivity contribution in [3.05, 3.63) is 0 Å². The van der Waals surface area contributed by atoms with Crippen LogP contribution in [0.25, 0.3) is 0 Å². The van der Waals surface area contributed by atoms with Crippen LogP contribution in [0.5, 0.6) is 0 Å². The molecule has 16 heavy (non-hydrogen) atoms. The van der Waals surface area contributed by atoms with Gasteiger partial charge in [0.1, 0.15) is 24.4 Å². The normalized spacial score (nSPS) is 41.0. The molecule has 0 aromatic carbocycles. The van der Waals surface area contributed by atoms with E-state index in [0.717, 1.165) is 0 Å². The minimum Gasteiger partial charge on any atom is -0.394 e. The summed E-state index contributed by atoms with van der Waals surface area (Å²) in [5.74, 6) is 0. The van der Waals surface area contributed by atoms with Crippen LogP contribution in [-0.4, -0.2) is 67.5 Å². The SMILES string of the molecule is O=P(O)(O)OC1O[C@H](CO)[C@@H](O)[C@@H](O)[C@@H]1O. The lowest BCUT2D eigenvalue weighted by Gasteiger charge is -2.39. The number of aliphatic hydroxyl groups excluding tert-OH is 4. The molecule has 5 atom stereocenters. The van der Waals surface area contributed by atoms with Crippen LogP contribution >= 0.6 is 7.82 Å². The Labute approximate surface area is 90.1 Å². The van der Waals surface area contributed by atoms with Crippen LogP contribution in [0, 0.1) is 0 Å². The number of ether oxygens (including phenoxy) is 1. The summed E-state index contributed by atoms with van der Waals surface area (Å²) in [6.07, 6.45) is -8.25. The third-order valence-corrected chi connectivity index (χ3v) is 2.57. The summed E-state index contributed by atoms with van der Waals surface area (Å²) < 4.78 is 19.2. The van der Waals surface area contributed by atoms with Crippen molar-refractivity contribution < 1.29 is 44.0 Å². The maximum Gasteiger partial charge on any atom is 0.472 e. The molecule has 1 aliphatic heterocycles. The first-order chi connectivity index (χ1) is 7.26. The molecule has 0 aromatic heterocycles. The zero-order chi connectivity index (χ0) is 12.5. The second-order valence-electron chi connectivity index (χ2n) is 3.29. The van der Waals surface area contributed by atoms with Gasteiger partial charge in [-0.15, -0.1) is 0 Å². The lowest BCUT2D eigenvalue weighted by atomic mass is 10.00. The quantitative estimate of drug-likeness (QED) is 0.289. The van der Waals surface area contributed by atoms with Crippen LogP contribution in [0.2, 0.25) is 0 Å². The van der Waals surface area contributed by atoms with Gasteiger partial charge in [0.25, 0.3) is 0 Å². The van der Waals surface area contributed by atoms with Crippen molar-refractivity contribution in [2.24, 2.45) is 0 Å². The van der Waals surface area contributed by atoms with Crippen LogP contribution in [0.4, 0.5) is 0 Å². The van der Waals surface area contributed by atoms with Crippen molar-refractivity contribution in [1.29, 1.82) is 0 Å². The van der Waals surface area contributed by atoms with Crippen molar-refractivity contribution in [2.75, 3.05) is 6.61 Å². The predicted molar refractivity (Wildman–Crippen MR) is 46.9 cm³/mol. The second kappa shape index (κ2) is 5.05. The molecule has 1 rings (SSSR count). The molecule has 1 fully saturated rings. The number of hydrogen-bond donors (Lipinski definition) is 6. The van der Waals surface area contributed by atoms with Crippen LogP contribution in [-0.2, 0) is 13.8 Å². The van der Waals surface area contributed by atoms with Crippen LogP contribution in [0.3, 0.4) is 0 Å². The largest absolute Gasteiger partial charge is 0.472 e. The van der Waals surface area contributed by atoms with Crippen LogP contribution in [0.1, 0.15) is 0 Å². The van der Waals surface area contributed by atoms with Crippen molar-refractivity contribution >= 4 is 7.82 Å². The van der Waals surface area contributed by atoms with E-state index in [1.807, 2.05) is 0 Å². The van der Waals surface area contributed by atoms with E-state index in [1.165, 1.54) is 0 Å². The molecule has 0 radical (unpaired) electrons. The molecule has 1 heterocycles. The lowest BCUT2D eigenvalue weighted by molar-refractivity contribution is -0.280. The second-order valence-corrected chi connectivity index (χ2v) is 4.49. The van der Waals surface area contributed by atoms with Gasteiger partial charge in [0.15, 0.2) is 6.29 Å². The van der Waals surface area contributed by atoms with Gasteiger partial charge < -0.3 is 34.9 Å². The highest BCUT2D eigenvalue weighted by Crippen LogP contribution is 2.40. The van der Waals surface area contributed by atoms with Gasteiger partial charge in [0, 0.05) is 0 Å². The fraction of sp³-hybridized carbons (Fsp3) is 1.00. The number of aliphatic hydroxyl groups is 4. The maximum absolute atomic E-state index is 10.5. The summed E-state index contributed by atoms with van der Waals surface area (Å²) >= 11 is 0. The molecular weight excluding hydrogens is 247 g/mol. The van der Waals surface area contributed by atoms with Gasteiger partial charge in [-0.2, -0.15) is 0 Å². The minimum atomic E-state index is -4.91. The molecule has 0 spiro atoms. The summed E-state index contributed by atoms with van der Waals surface area (Å²) in [4.78, 5) is 17.0. The third-order valence-electron chi connectivity index (χ3n) is 2.09. The van der Waals surface area contributed by atoms with Gasteiger partial charge in [0.2, 0.25) is 0 Å². The molecule has 1 unspecified atom stereocenters. The molecule has 1 aliphatic rings. The Hall–Kier alpha value is -0.0900. The van der Waals surface area contributed by atoms with Gasteiger partial charge in [-0.25, -0.2) is 4.57 Å². The number of phosphoric acid groups is 1. The smallest absolute Gasteiger partial charge is 0.394 e. The number of phosphoric ester groups is 1. The van der Waals surface area contributed by atoms with Gasteiger partial charge >= 0.3 is 7.82 Å². The minimum absolute atomic E-state index is 0.702. The van der Waals surface area contributed by atoms with E-state index in [9.17, 15) is 19.9 Å². The first-order valence-corrected chi connectivity index (χ1v) is 5.83. The Morgan fingerprint density at radius 3 is 2.12 bits per heavy atom. The number of rotatable bonds is 3. The zero-order valence-corrected chi connectivity index (χ0v) is 8.84. The lowest BCUT2D eigenvalue weighted by Crippen LogP contribution is -2.58. The first-order valence-electron chi connectivity index (χ1n) is 4.30. The van der Waals surface area contributed by atoms with E-state index in [0.29, 0.717) is 0 Å². The Balaban J connectivity index is 2.75. The topological polar surface area (TPSA) is 157 Å². The van der Waals surface area contributed by atoms with Crippen molar-refractivity contribution in [3.8, 4) is 0 Å². The highest BCUT2D eigenvalue weighted by Gasteiger charge is 2.46. The molecule has 0 saturated carbocycles. The van der Waals surface area contributed by atoms with Crippen molar-refractivity contribution in [2.45, 2.75) is 30.7 Å². The molecule has 1 saturated heterocycles. The average Bonchev–Trinajstić information content (AvgIpc) is 2.17. The van der Waals surface area contributed by atoms with E-state index in [1.54, 1.807) is 0 Å². The molecule has 10 heteroatoms. The molecule has 96 valence electrons. The summed E-state index contributed by atoms with van der Waals surface area (Å²) in [5, 5.41) is 36.6. The summed E-state index contributed by atoms with van der Waals surface area (Å²) in [6, 6.07) is 0. The fourth-order valence-electron chi connectivity index (χ4n) is 1.29. The van der Waals surface area contributed by atoms with Crippen molar-refractivity contribution in [1.82, 2.24) is 0 Å². The Bertz CT molecular complexity index is 275. The van der Waals surface area contributed by atoms with Gasteiger partial charge in [-0.1, -0.05) is 0 Å². The van der Waals surface area contributed by atoms with E-state index < -0.39 is 45.1 Å². The molecular formula is C6H13O9P. The third kappa shape index (κ3) is 3.20. The molecule has 0 amide bonds. The van der Waals surface area contributed by atoms with Gasteiger partial charge in [-0.05, 0) is 0 Å². The van der Waals surface area contributed by atoms with E-state index in [-0.39, 0.29) is 0 Å². The fourth-order valence-corrected chi connectivity index (χ4v) is 1.73. The maximum atomic E-state index is 10.5. The Kier molecular flexibility index (Phi) is 4.41. The summed E-state index contributed by atoms with van der Waals surface area (Å²) in [5.41, 5.74) is 0. The summed E-state index contributed by atoms with van der Waals surface area (Å²) in [6.45, 7) is -0.702. The van der Waals surface area contributed by atoms with E-state index >= 15 is 0 Å². The Morgan fingerprint density at radius 2 is 1.69 bits per heavy atom. The van der Waals surface area contributed by atoms with Crippen LogP contribution in [0.15, 0.2) is 0 Å². The molecule has 0 aromatic rings. The molecule has 6 N–H and O–H groups in total. The monoisotopic (exact) mass is 260 g/mol. The number of hydrogen-bond acceptors (Lipinski definition) is 7. The summed E-state index contributed by atoms with van der Waals surface area (Å²) in [7, 11) is -4.91. The van der Waals surface area contributed by atoms with Gasteiger partial charge in [-0.3, -0.25) is 4.52 Å². The predicted octanol–water partition coefficient (Wildman–Crippen LogP) is -3.10. The average molecular weight is 260 g/mol. The highest BCUT2D eigenvalue weighted by molar-refractivity contribution is 7.46. The molecule has 0 bridgehead atoms. The molecule has 0 aliphatic carbocycles. The first kappa shape index (κ1) is 14.0. The Morgan fingerprint density at radius 1 is 1.12 bits per heavy atom. The zero-order valence-electron chi connectivity index (χ0n) is 7.95. The van der Waals surface area contributed by atoms with E-state index in [4.69, 9.17) is 14.9 Å². The van der Waals surface area contributed by atoms with Crippen molar-refractivity contribution in [3.63, 3.8) is 0 Å². The standard InChI is InChI=1S/C6H13O9P/c7-1-2-3(8)4(9)5(10)6(14-2)15-16(11,12)13/h2-10H,1H2,(H2,11,12,13)/t2-,3-,4-,5+,6?/m1/s1. The van der Waals surface area contributed by atoms with Gasteiger partial charge in [0.05, 0.1) is 6.61 Å².